The van der Waals surface area contributed by atoms with Gasteiger partial charge in [-0.15, -0.1) is 0 Å². The predicted molar refractivity (Wildman–Crippen MR) is 109 cm³/mol. The fourth-order valence-corrected chi connectivity index (χ4v) is 3.54. The summed E-state index contributed by atoms with van der Waals surface area (Å²) in [4.78, 5) is 15.7. The van der Waals surface area contributed by atoms with E-state index in [1.165, 1.54) is 19.8 Å². The minimum Gasteiger partial charge on any atom is -0.493 e. The monoisotopic (exact) mass is 396 g/mol. The van der Waals surface area contributed by atoms with Crippen LogP contribution in [0.1, 0.15) is 44.9 Å². The van der Waals surface area contributed by atoms with Crippen molar-refractivity contribution in [1.29, 1.82) is 0 Å². The fourth-order valence-electron chi connectivity index (χ4n) is 3.54. The van der Waals surface area contributed by atoms with Gasteiger partial charge in [0.05, 0.1) is 24.5 Å². The number of benzene rings is 1. The molecule has 4 rings (SSSR count). The van der Waals surface area contributed by atoms with Gasteiger partial charge in [-0.25, -0.2) is 0 Å². The first kappa shape index (κ1) is 19.6. The molecule has 1 N–H and O–H groups in total. The van der Waals surface area contributed by atoms with Crippen LogP contribution in [0.15, 0.2) is 36.5 Å². The molecule has 154 valence electrons. The number of hydrogen-bond donors (Lipinski definition) is 1. The van der Waals surface area contributed by atoms with Gasteiger partial charge in [0.25, 0.3) is 0 Å². The molecule has 0 saturated heterocycles. The molecule has 6 nitrogen and oxygen atoms in total. The summed E-state index contributed by atoms with van der Waals surface area (Å²) < 4.78 is 17.9. The van der Waals surface area contributed by atoms with Gasteiger partial charge in [0.15, 0.2) is 5.60 Å². The topological polar surface area (TPSA) is 69.7 Å². The summed E-state index contributed by atoms with van der Waals surface area (Å²) in [7, 11) is 0. The van der Waals surface area contributed by atoms with E-state index < -0.39 is 5.60 Å². The summed E-state index contributed by atoms with van der Waals surface area (Å²) in [5.74, 6) is 3.06. The molecule has 2 aromatic rings. The van der Waals surface area contributed by atoms with E-state index in [9.17, 15) is 4.79 Å². The molecular weight excluding hydrogens is 368 g/mol. The second-order valence-electron chi connectivity index (χ2n) is 8.33. The molecule has 0 bridgehead atoms. The fraction of sp³-hybridized carbons (Fsp3) is 0.478. The lowest BCUT2D eigenvalue weighted by Crippen LogP contribution is -2.35. The number of carbonyl (C=O) groups is 1. The van der Waals surface area contributed by atoms with Gasteiger partial charge in [-0.1, -0.05) is 6.07 Å². The van der Waals surface area contributed by atoms with Crippen molar-refractivity contribution < 1.29 is 19.0 Å². The maximum atomic E-state index is 11.1. The minimum atomic E-state index is -0.514. The van der Waals surface area contributed by atoms with Crippen LogP contribution in [0.3, 0.4) is 0 Å². The summed E-state index contributed by atoms with van der Waals surface area (Å²) in [6.45, 7) is 6.63. The van der Waals surface area contributed by atoms with E-state index in [4.69, 9.17) is 14.2 Å². The number of pyridine rings is 1. The number of nitrogens with zero attached hydrogens (tertiary/aromatic N) is 1. The molecule has 1 aromatic carbocycles. The van der Waals surface area contributed by atoms with Crippen molar-refractivity contribution in [2.45, 2.75) is 51.7 Å². The molecule has 1 aromatic heterocycles. The molecule has 0 radical (unpaired) electrons. The molecule has 1 saturated carbocycles. The first-order valence-corrected chi connectivity index (χ1v) is 10.2. The molecule has 2 unspecified atom stereocenters. The Morgan fingerprint density at radius 1 is 1.28 bits per heavy atom. The van der Waals surface area contributed by atoms with Gasteiger partial charge >= 0.3 is 0 Å². The van der Waals surface area contributed by atoms with Crippen molar-refractivity contribution in [1.82, 2.24) is 10.3 Å². The van der Waals surface area contributed by atoms with Gasteiger partial charge in [0.2, 0.25) is 5.91 Å². The van der Waals surface area contributed by atoms with Crippen LogP contribution >= 0.6 is 0 Å². The molecular formula is C23H28N2O4. The van der Waals surface area contributed by atoms with E-state index in [2.05, 4.69) is 23.3 Å². The summed E-state index contributed by atoms with van der Waals surface area (Å²) >= 11 is 0. The van der Waals surface area contributed by atoms with Gasteiger partial charge in [-0.2, -0.15) is 0 Å². The smallest absolute Gasteiger partial charge is 0.217 e. The van der Waals surface area contributed by atoms with Crippen LogP contribution in [-0.2, 0) is 16.8 Å². The lowest BCUT2D eigenvalue weighted by atomic mass is 9.95. The SMILES string of the molecule is CC(=O)NC(C)COc1ccc(C2(C)Cc3ccc(OCC4CC4)cc3O2)nc1. The number of hydrogen-bond acceptors (Lipinski definition) is 5. The summed E-state index contributed by atoms with van der Waals surface area (Å²) in [6, 6.07) is 9.87. The lowest BCUT2D eigenvalue weighted by Gasteiger charge is -2.23. The number of amides is 1. The zero-order valence-electron chi connectivity index (χ0n) is 17.2. The Hall–Kier alpha value is -2.76. The van der Waals surface area contributed by atoms with Crippen molar-refractivity contribution in [3.8, 4) is 17.2 Å². The molecule has 1 aliphatic heterocycles. The van der Waals surface area contributed by atoms with Crippen LogP contribution in [-0.4, -0.2) is 30.1 Å². The first-order chi connectivity index (χ1) is 13.9. The second-order valence-corrected chi connectivity index (χ2v) is 8.33. The van der Waals surface area contributed by atoms with Gasteiger partial charge in [-0.3, -0.25) is 9.78 Å². The van der Waals surface area contributed by atoms with E-state index in [0.29, 0.717) is 12.4 Å². The van der Waals surface area contributed by atoms with Crippen molar-refractivity contribution in [3.63, 3.8) is 0 Å². The lowest BCUT2D eigenvalue weighted by molar-refractivity contribution is -0.119. The average Bonchev–Trinajstić information content (AvgIpc) is 3.45. The highest BCUT2D eigenvalue weighted by Gasteiger charge is 2.38. The molecule has 2 aliphatic rings. The van der Waals surface area contributed by atoms with E-state index in [0.717, 1.165) is 41.7 Å². The molecule has 2 atom stereocenters. The van der Waals surface area contributed by atoms with E-state index in [1.807, 2.05) is 31.2 Å². The third-order valence-corrected chi connectivity index (χ3v) is 5.31. The van der Waals surface area contributed by atoms with Gasteiger partial charge < -0.3 is 19.5 Å². The Balaban J connectivity index is 1.37. The minimum absolute atomic E-state index is 0.0614. The average molecular weight is 396 g/mol. The Kier molecular flexibility index (Phi) is 5.35. The number of nitrogens with one attached hydrogen (secondary N) is 1. The van der Waals surface area contributed by atoms with Crippen LogP contribution in [0.5, 0.6) is 17.2 Å². The van der Waals surface area contributed by atoms with E-state index >= 15 is 0 Å². The third kappa shape index (κ3) is 4.81. The van der Waals surface area contributed by atoms with Crippen molar-refractivity contribution in [2.75, 3.05) is 13.2 Å². The van der Waals surface area contributed by atoms with E-state index in [1.54, 1.807) is 6.20 Å². The molecule has 1 aliphatic carbocycles. The Morgan fingerprint density at radius 3 is 2.76 bits per heavy atom. The molecule has 6 heteroatoms. The van der Waals surface area contributed by atoms with Crippen LogP contribution in [0.25, 0.3) is 0 Å². The van der Waals surface area contributed by atoms with E-state index in [-0.39, 0.29) is 11.9 Å². The number of fused-ring (bicyclic) bond motifs is 1. The molecule has 2 heterocycles. The number of aromatic nitrogens is 1. The zero-order valence-corrected chi connectivity index (χ0v) is 17.2. The maximum absolute atomic E-state index is 11.1. The predicted octanol–water partition coefficient (Wildman–Crippen LogP) is 3.62. The van der Waals surface area contributed by atoms with Crippen LogP contribution in [0.4, 0.5) is 0 Å². The highest BCUT2D eigenvalue weighted by molar-refractivity contribution is 5.73. The molecule has 0 spiro atoms. The van der Waals surface area contributed by atoms with Gasteiger partial charge in [0.1, 0.15) is 23.9 Å². The quantitative estimate of drug-likeness (QED) is 0.738. The van der Waals surface area contributed by atoms with Crippen LogP contribution in [0, 0.1) is 5.92 Å². The van der Waals surface area contributed by atoms with Crippen molar-refractivity contribution in [2.24, 2.45) is 5.92 Å². The Labute approximate surface area is 171 Å². The zero-order chi connectivity index (χ0) is 20.4. The third-order valence-electron chi connectivity index (χ3n) is 5.31. The number of ether oxygens (including phenoxy) is 3. The number of carbonyl (C=O) groups excluding carboxylic acids is 1. The largest absolute Gasteiger partial charge is 0.493 e. The second kappa shape index (κ2) is 7.93. The number of rotatable bonds is 8. The van der Waals surface area contributed by atoms with Gasteiger partial charge in [-0.05, 0) is 56.4 Å². The molecule has 1 amide bonds. The van der Waals surface area contributed by atoms with Gasteiger partial charge in [0, 0.05) is 19.4 Å². The molecule has 1 fully saturated rings. The summed E-state index contributed by atoms with van der Waals surface area (Å²) in [5, 5.41) is 2.79. The Bertz CT molecular complexity index is 879. The summed E-state index contributed by atoms with van der Waals surface area (Å²) in [6.07, 6.45) is 5.02. The standard InChI is InChI=1S/C23H28N2O4/c1-15(25-16(2)26)13-27-20-8-9-22(24-12-20)23(3)11-18-6-7-19(10-21(18)29-23)28-14-17-4-5-17/h6-10,12,15,17H,4-5,11,13-14H2,1-3H3,(H,25,26). The van der Waals surface area contributed by atoms with Crippen LogP contribution in [0.2, 0.25) is 0 Å². The maximum Gasteiger partial charge on any atom is 0.217 e. The normalized spacial score (nSPS) is 21.1. The van der Waals surface area contributed by atoms with Crippen molar-refractivity contribution in [3.05, 3.63) is 47.8 Å². The van der Waals surface area contributed by atoms with Crippen LogP contribution < -0.4 is 19.5 Å². The summed E-state index contributed by atoms with van der Waals surface area (Å²) in [5.41, 5.74) is 1.51. The molecule has 29 heavy (non-hydrogen) atoms. The highest BCUT2D eigenvalue weighted by atomic mass is 16.5. The Morgan fingerprint density at radius 2 is 2.07 bits per heavy atom. The first-order valence-electron chi connectivity index (χ1n) is 10.2. The van der Waals surface area contributed by atoms with Crippen molar-refractivity contribution >= 4 is 5.91 Å². The highest BCUT2D eigenvalue weighted by Crippen LogP contribution is 2.42.